The van der Waals surface area contributed by atoms with Gasteiger partial charge in [-0.3, -0.25) is 14.8 Å². The van der Waals surface area contributed by atoms with E-state index < -0.39 is 11.6 Å². The molecule has 0 fully saturated rings. The van der Waals surface area contributed by atoms with Gasteiger partial charge in [0, 0.05) is 20.0 Å². The maximum atomic E-state index is 13.0. The number of anilines is 1. The highest BCUT2D eigenvalue weighted by Crippen LogP contribution is 2.21. The number of aryl methyl sites for hydroxylation is 2. The van der Waals surface area contributed by atoms with E-state index in [2.05, 4.69) is 10.3 Å². The van der Waals surface area contributed by atoms with Crippen molar-refractivity contribution in [1.82, 2.24) is 9.55 Å². The molecule has 2 rings (SSSR count). The predicted octanol–water partition coefficient (Wildman–Crippen LogP) is 1.82. The minimum absolute atomic E-state index is 0.135. The fourth-order valence-electron chi connectivity index (χ4n) is 3.31. The van der Waals surface area contributed by atoms with Gasteiger partial charge in [0.15, 0.2) is 11.3 Å². The Labute approximate surface area is 182 Å². The lowest BCUT2D eigenvalue weighted by atomic mass is 10.1. The number of aromatic nitrogens is 2. The lowest BCUT2D eigenvalue weighted by Gasteiger charge is -2.21. The van der Waals surface area contributed by atoms with Gasteiger partial charge in [-0.25, -0.2) is 9.78 Å². The van der Waals surface area contributed by atoms with Crippen molar-refractivity contribution in [1.29, 1.82) is 0 Å². The molecule has 0 aliphatic heterocycles. The topological polar surface area (TPSA) is 119 Å². The highest BCUT2D eigenvalue weighted by molar-refractivity contribution is 5.98. The normalized spacial score (nSPS) is 11.3. The third-order valence-corrected chi connectivity index (χ3v) is 5.07. The van der Waals surface area contributed by atoms with E-state index in [1.165, 1.54) is 13.8 Å². The van der Waals surface area contributed by atoms with E-state index in [1.807, 2.05) is 32.0 Å². The van der Waals surface area contributed by atoms with Gasteiger partial charge in [0.2, 0.25) is 5.71 Å². The fraction of sp³-hybridized carbons (Fsp3) is 0.478. The molecule has 1 aromatic carbocycles. The van der Waals surface area contributed by atoms with E-state index in [0.717, 1.165) is 12.0 Å². The van der Waals surface area contributed by atoms with Gasteiger partial charge in [-0.2, -0.15) is 0 Å². The number of nitrogens with zero attached hydrogens (tertiary/aromatic N) is 2. The second-order valence-corrected chi connectivity index (χ2v) is 8.03. The lowest BCUT2D eigenvalue weighted by Crippen LogP contribution is -2.43. The Hall–Kier alpha value is -3.16. The summed E-state index contributed by atoms with van der Waals surface area (Å²) in [5.74, 6) is 0.0999. The Morgan fingerprint density at radius 2 is 2.06 bits per heavy atom. The number of nitrogens with two attached hydrogens (primary N) is 1. The SMILES string of the molecule is CCCC(=[NH2+])c1nc(C)n(CCCc2cccc(OC(C)(C)C(=O)O)c2)c(=O)c1NC. The van der Waals surface area contributed by atoms with Crippen LogP contribution in [0.4, 0.5) is 5.69 Å². The molecule has 0 unspecified atom stereocenters. The molecule has 0 spiro atoms. The number of carboxylic acid groups (broad SMARTS) is 1. The van der Waals surface area contributed by atoms with Gasteiger partial charge in [0.1, 0.15) is 17.3 Å². The van der Waals surface area contributed by atoms with Crippen molar-refractivity contribution >= 4 is 17.4 Å². The van der Waals surface area contributed by atoms with Crippen LogP contribution in [-0.4, -0.2) is 39.0 Å². The third-order valence-electron chi connectivity index (χ3n) is 5.07. The molecule has 8 nitrogen and oxygen atoms in total. The highest BCUT2D eigenvalue weighted by atomic mass is 16.5. The van der Waals surface area contributed by atoms with Gasteiger partial charge < -0.3 is 15.2 Å². The lowest BCUT2D eigenvalue weighted by molar-refractivity contribution is -0.152. The molecule has 1 heterocycles. The number of benzene rings is 1. The summed E-state index contributed by atoms with van der Waals surface area (Å²) in [5, 5.41) is 18.3. The molecule has 2 aromatic rings. The number of carboxylic acids is 1. The van der Waals surface area contributed by atoms with Crippen LogP contribution < -0.4 is 21.0 Å². The number of nitrogens with one attached hydrogen (secondary N) is 1. The molecule has 0 atom stereocenters. The summed E-state index contributed by atoms with van der Waals surface area (Å²) < 4.78 is 7.26. The molecular formula is C23H33N4O4+. The van der Waals surface area contributed by atoms with E-state index in [1.54, 1.807) is 17.7 Å². The molecule has 8 heteroatoms. The summed E-state index contributed by atoms with van der Waals surface area (Å²) >= 11 is 0. The van der Waals surface area contributed by atoms with Gasteiger partial charge in [0.25, 0.3) is 5.56 Å². The van der Waals surface area contributed by atoms with Gasteiger partial charge in [-0.05, 0) is 57.7 Å². The van der Waals surface area contributed by atoms with Crippen LogP contribution in [0.3, 0.4) is 0 Å². The van der Waals surface area contributed by atoms with Crippen LogP contribution in [0.5, 0.6) is 5.75 Å². The zero-order chi connectivity index (χ0) is 23.2. The molecular weight excluding hydrogens is 396 g/mol. The van der Waals surface area contributed by atoms with Crippen molar-refractivity contribution in [3.05, 3.63) is 51.7 Å². The van der Waals surface area contributed by atoms with Crippen LogP contribution in [0.2, 0.25) is 0 Å². The molecule has 31 heavy (non-hydrogen) atoms. The second kappa shape index (κ2) is 10.2. The van der Waals surface area contributed by atoms with Crippen molar-refractivity contribution < 1.29 is 20.0 Å². The first-order valence-electron chi connectivity index (χ1n) is 10.5. The molecule has 0 bridgehead atoms. The first kappa shape index (κ1) is 24.1. The standard InChI is InChI=1S/C23H32N4O4/c1-6-9-18(24)19-20(25-5)21(28)27(15(2)26-19)13-8-11-16-10-7-12-17(14-16)31-23(3,4)22(29)30/h7,10,12,14,24-25H,6,8-9,11,13H2,1-5H3,(H,29,30)/p+1. The largest absolute Gasteiger partial charge is 0.478 e. The molecule has 0 aliphatic rings. The Balaban J connectivity index is 2.14. The molecule has 4 N–H and O–H groups in total. The maximum Gasteiger partial charge on any atom is 0.347 e. The van der Waals surface area contributed by atoms with Crippen molar-refractivity contribution in [2.24, 2.45) is 0 Å². The number of carbonyl (C=O) groups is 1. The Morgan fingerprint density at radius 1 is 1.35 bits per heavy atom. The summed E-state index contributed by atoms with van der Waals surface area (Å²) in [4.78, 5) is 28.8. The van der Waals surface area contributed by atoms with Crippen molar-refractivity contribution in [2.45, 2.75) is 65.5 Å². The number of rotatable bonds is 11. The van der Waals surface area contributed by atoms with E-state index in [9.17, 15) is 14.7 Å². The summed E-state index contributed by atoms with van der Waals surface area (Å²) in [7, 11) is 1.70. The monoisotopic (exact) mass is 429 g/mol. The Bertz CT molecular complexity index is 1010. The molecule has 0 aliphatic carbocycles. The minimum Gasteiger partial charge on any atom is -0.478 e. The fourth-order valence-corrected chi connectivity index (χ4v) is 3.31. The van der Waals surface area contributed by atoms with E-state index in [4.69, 9.17) is 10.1 Å². The zero-order valence-corrected chi connectivity index (χ0v) is 19.0. The van der Waals surface area contributed by atoms with E-state index in [0.29, 0.717) is 54.5 Å². The quantitative estimate of drug-likeness (QED) is 0.469. The van der Waals surface area contributed by atoms with Gasteiger partial charge in [-0.1, -0.05) is 19.1 Å². The Morgan fingerprint density at radius 3 is 2.68 bits per heavy atom. The van der Waals surface area contributed by atoms with Crippen molar-refractivity contribution in [3.63, 3.8) is 0 Å². The van der Waals surface area contributed by atoms with Gasteiger partial charge in [-0.15, -0.1) is 0 Å². The van der Waals surface area contributed by atoms with Crippen LogP contribution in [-0.2, 0) is 17.8 Å². The summed E-state index contributed by atoms with van der Waals surface area (Å²) in [5.41, 5.74) is 1.13. The van der Waals surface area contributed by atoms with E-state index >= 15 is 0 Å². The summed E-state index contributed by atoms with van der Waals surface area (Å²) in [6, 6.07) is 7.36. The number of hydrogen-bond acceptors (Lipinski definition) is 5. The third kappa shape index (κ3) is 5.93. The molecule has 168 valence electrons. The highest BCUT2D eigenvalue weighted by Gasteiger charge is 2.29. The molecule has 0 amide bonds. The first-order valence-corrected chi connectivity index (χ1v) is 10.5. The van der Waals surface area contributed by atoms with Gasteiger partial charge >= 0.3 is 5.97 Å². The van der Waals surface area contributed by atoms with Gasteiger partial charge in [0.05, 0.1) is 0 Å². The summed E-state index contributed by atoms with van der Waals surface area (Å²) in [6.07, 6.45) is 2.98. The van der Waals surface area contributed by atoms with Crippen LogP contribution in [0.25, 0.3) is 0 Å². The molecule has 1 aromatic heterocycles. The summed E-state index contributed by atoms with van der Waals surface area (Å²) in [6.45, 7) is 7.37. The average Bonchev–Trinajstić information content (AvgIpc) is 2.70. The number of aliphatic carboxylic acids is 1. The van der Waals surface area contributed by atoms with Crippen LogP contribution in [0.1, 0.15) is 57.1 Å². The smallest absolute Gasteiger partial charge is 0.347 e. The average molecular weight is 430 g/mol. The zero-order valence-electron chi connectivity index (χ0n) is 19.0. The number of hydrogen-bond donors (Lipinski definition) is 3. The maximum absolute atomic E-state index is 13.0. The van der Waals surface area contributed by atoms with Crippen LogP contribution in [0.15, 0.2) is 29.1 Å². The number of ether oxygens (including phenoxy) is 1. The van der Waals surface area contributed by atoms with Crippen LogP contribution in [0, 0.1) is 6.92 Å². The molecule has 0 saturated heterocycles. The second-order valence-electron chi connectivity index (χ2n) is 8.03. The first-order chi connectivity index (χ1) is 14.6. The van der Waals surface area contributed by atoms with Crippen molar-refractivity contribution in [3.8, 4) is 5.75 Å². The molecule has 0 saturated carbocycles. The minimum atomic E-state index is -1.31. The van der Waals surface area contributed by atoms with Crippen LogP contribution >= 0.6 is 0 Å². The molecule has 0 radical (unpaired) electrons. The predicted molar refractivity (Wildman–Crippen MR) is 121 cm³/mol. The van der Waals surface area contributed by atoms with E-state index in [-0.39, 0.29) is 5.56 Å². The Kier molecular flexibility index (Phi) is 7.96. The van der Waals surface area contributed by atoms with Crippen molar-refractivity contribution in [2.75, 3.05) is 12.4 Å².